The molecule has 0 aromatic heterocycles. The molecule has 0 aliphatic carbocycles. The average Bonchev–Trinajstić information content (AvgIpc) is 2.42. The first-order valence-corrected chi connectivity index (χ1v) is 8.89. The number of hydrogen-bond donors (Lipinski definition) is 0. The van der Waals surface area contributed by atoms with Gasteiger partial charge in [-0.25, -0.2) is 8.42 Å². The molecule has 4 nitrogen and oxygen atoms in total. The second-order valence-electron chi connectivity index (χ2n) is 5.48. The maximum absolute atomic E-state index is 12.1. The summed E-state index contributed by atoms with van der Waals surface area (Å²) < 4.78 is 25.9. The highest BCUT2D eigenvalue weighted by Crippen LogP contribution is 2.16. The molecular weight excluding hydrogens is 272 g/mol. The summed E-state index contributed by atoms with van der Waals surface area (Å²) in [6.45, 7) is 6.93. The molecule has 1 atom stereocenters. The molecule has 1 unspecified atom stereocenters. The van der Waals surface area contributed by atoms with E-state index in [4.69, 9.17) is 0 Å². The molecule has 1 heterocycles. The molecule has 0 saturated carbocycles. The molecule has 1 aromatic rings. The van der Waals surface area contributed by atoms with Gasteiger partial charge in [-0.15, -0.1) is 0 Å². The number of nitrogens with zero attached hydrogens (tertiary/aromatic N) is 2. The van der Waals surface area contributed by atoms with E-state index in [0.29, 0.717) is 19.5 Å². The van der Waals surface area contributed by atoms with Crippen molar-refractivity contribution < 1.29 is 8.42 Å². The van der Waals surface area contributed by atoms with Gasteiger partial charge in [0.1, 0.15) is 0 Å². The summed E-state index contributed by atoms with van der Waals surface area (Å²) in [5.41, 5.74) is 1.28. The zero-order valence-corrected chi connectivity index (χ0v) is 13.1. The zero-order valence-electron chi connectivity index (χ0n) is 12.3. The SMILES string of the molecule is CCCS(=O)(=O)N1CCN(Cc2ccccc2)C(C)C1. The Kier molecular flexibility index (Phi) is 5.18. The van der Waals surface area contributed by atoms with Crippen molar-refractivity contribution in [2.75, 3.05) is 25.4 Å². The molecule has 5 heteroatoms. The van der Waals surface area contributed by atoms with Crippen LogP contribution in [0.1, 0.15) is 25.8 Å². The average molecular weight is 296 g/mol. The Hall–Kier alpha value is -0.910. The van der Waals surface area contributed by atoms with Crippen LogP contribution in [-0.2, 0) is 16.6 Å². The quantitative estimate of drug-likeness (QED) is 0.833. The van der Waals surface area contributed by atoms with Crippen LogP contribution >= 0.6 is 0 Å². The maximum atomic E-state index is 12.1. The molecule has 0 spiro atoms. The van der Waals surface area contributed by atoms with Gasteiger partial charge in [-0.05, 0) is 18.9 Å². The molecule has 1 aliphatic rings. The van der Waals surface area contributed by atoms with Crippen molar-refractivity contribution in [3.8, 4) is 0 Å². The molecule has 0 radical (unpaired) electrons. The lowest BCUT2D eigenvalue weighted by Crippen LogP contribution is -2.53. The van der Waals surface area contributed by atoms with Gasteiger partial charge >= 0.3 is 0 Å². The number of rotatable bonds is 5. The summed E-state index contributed by atoms with van der Waals surface area (Å²) in [5, 5.41) is 0. The highest BCUT2D eigenvalue weighted by molar-refractivity contribution is 7.89. The largest absolute Gasteiger partial charge is 0.294 e. The Morgan fingerprint density at radius 2 is 1.90 bits per heavy atom. The third kappa shape index (κ3) is 3.81. The molecule has 2 rings (SSSR count). The number of sulfonamides is 1. The van der Waals surface area contributed by atoms with Crippen LogP contribution in [0.25, 0.3) is 0 Å². The van der Waals surface area contributed by atoms with Gasteiger partial charge in [0, 0.05) is 32.2 Å². The molecule has 112 valence electrons. The first-order chi connectivity index (χ1) is 9.53. The Morgan fingerprint density at radius 1 is 1.20 bits per heavy atom. The van der Waals surface area contributed by atoms with Gasteiger partial charge in [-0.2, -0.15) is 4.31 Å². The molecule has 0 amide bonds. The Morgan fingerprint density at radius 3 is 2.50 bits per heavy atom. The zero-order chi connectivity index (χ0) is 14.6. The van der Waals surface area contributed by atoms with Gasteiger partial charge < -0.3 is 0 Å². The lowest BCUT2D eigenvalue weighted by atomic mass is 10.1. The summed E-state index contributed by atoms with van der Waals surface area (Å²) >= 11 is 0. The minimum Gasteiger partial charge on any atom is -0.294 e. The molecule has 1 aromatic carbocycles. The lowest BCUT2D eigenvalue weighted by molar-refractivity contribution is 0.122. The van der Waals surface area contributed by atoms with Crippen LogP contribution in [0.3, 0.4) is 0 Å². The topological polar surface area (TPSA) is 40.6 Å². The minimum absolute atomic E-state index is 0.260. The van der Waals surface area contributed by atoms with E-state index in [0.717, 1.165) is 13.1 Å². The van der Waals surface area contributed by atoms with Gasteiger partial charge in [0.25, 0.3) is 0 Å². The van der Waals surface area contributed by atoms with Crippen LogP contribution < -0.4 is 0 Å². The first kappa shape index (κ1) is 15.5. The summed E-state index contributed by atoms with van der Waals surface area (Å²) in [7, 11) is -3.06. The van der Waals surface area contributed by atoms with E-state index in [2.05, 4.69) is 24.0 Å². The molecule has 0 bridgehead atoms. The number of piperazine rings is 1. The van der Waals surface area contributed by atoms with E-state index in [1.165, 1.54) is 5.56 Å². The highest BCUT2D eigenvalue weighted by Gasteiger charge is 2.30. The third-order valence-electron chi connectivity index (χ3n) is 3.81. The monoisotopic (exact) mass is 296 g/mol. The van der Waals surface area contributed by atoms with Crippen LogP contribution in [0.2, 0.25) is 0 Å². The van der Waals surface area contributed by atoms with Gasteiger partial charge in [-0.3, -0.25) is 4.90 Å². The van der Waals surface area contributed by atoms with Crippen molar-refractivity contribution in [3.05, 3.63) is 35.9 Å². The van der Waals surface area contributed by atoms with E-state index < -0.39 is 10.0 Å². The van der Waals surface area contributed by atoms with Crippen molar-refractivity contribution in [2.45, 2.75) is 32.9 Å². The van der Waals surface area contributed by atoms with Gasteiger partial charge in [-0.1, -0.05) is 37.3 Å². The molecule has 1 aliphatic heterocycles. The van der Waals surface area contributed by atoms with Crippen LogP contribution in [0.15, 0.2) is 30.3 Å². The second kappa shape index (κ2) is 6.70. The van der Waals surface area contributed by atoms with Crippen LogP contribution in [0.5, 0.6) is 0 Å². The van der Waals surface area contributed by atoms with E-state index >= 15 is 0 Å². The van der Waals surface area contributed by atoms with E-state index in [9.17, 15) is 8.42 Å². The van der Waals surface area contributed by atoms with Crippen LogP contribution in [0.4, 0.5) is 0 Å². The van der Waals surface area contributed by atoms with E-state index in [1.54, 1.807) is 4.31 Å². The van der Waals surface area contributed by atoms with Crippen LogP contribution in [-0.4, -0.2) is 49.1 Å². The maximum Gasteiger partial charge on any atom is 0.214 e. The molecule has 1 saturated heterocycles. The number of benzene rings is 1. The minimum atomic E-state index is -3.06. The normalized spacial score (nSPS) is 22.0. The summed E-state index contributed by atoms with van der Waals surface area (Å²) in [6.07, 6.45) is 0.681. The fourth-order valence-corrected chi connectivity index (χ4v) is 4.23. The molecule has 1 fully saturated rings. The summed E-state index contributed by atoms with van der Waals surface area (Å²) in [4.78, 5) is 2.35. The Bertz CT molecular complexity index is 516. The summed E-state index contributed by atoms with van der Waals surface area (Å²) in [5.74, 6) is 0.262. The van der Waals surface area contributed by atoms with E-state index in [1.807, 2.05) is 25.1 Å². The smallest absolute Gasteiger partial charge is 0.214 e. The predicted octanol–water partition coefficient (Wildman–Crippen LogP) is 1.93. The summed E-state index contributed by atoms with van der Waals surface area (Å²) in [6, 6.07) is 10.6. The van der Waals surface area contributed by atoms with Crippen molar-refractivity contribution in [3.63, 3.8) is 0 Å². The lowest BCUT2D eigenvalue weighted by Gasteiger charge is -2.39. The van der Waals surface area contributed by atoms with Gasteiger partial charge in [0.05, 0.1) is 5.75 Å². The standard InChI is InChI=1S/C15H24N2O2S/c1-3-11-20(18,19)17-10-9-16(14(2)12-17)13-15-7-5-4-6-8-15/h4-8,14H,3,9-13H2,1-2H3. The highest BCUT2D eigenvalue weighted by atomic mass is 32.2. The van der Waals surface area contributed by atoms with Crippen molar-refractivity contribution in [1.29, 1.82) is 0 Å². The van der Waals surface area contributed by atoms with Gasteiger partial charge in [0.15, 0.2) is 0 Å². The second-order valence-corrected chi connectivity index (χ2v) is 7.57. The number of hydrogen-bond acceptors (Lipinski definition) is 3. The van der Waals surface area contributed by atoms with Crippen LogP contribution in [0, 0.1) is 0 Å². The Balaban J connectivity index is 1.96. The van der Waals surface area contributed by atoms with E-state index in [-0.39, 0.29) is 11.8 Å². The predicted molar refractivity (Wildman–Crippen MR) is 82.0 cm³/mol. The van der Waals surface area contributed by atoms with Crippen molar-refractivity contribution in [1.82, 2.24) is 9.21 Å². The van der Waals surface area contributed by atoms with Crippen molar-refractivity contribution >= 4 is 10.0 Å². The Labute approximate surface area is 122 Å². The fourth-order valence-electron chi connectivity index (χ4n) is 2.65. The third-order valence-corrected chi connectivity index (χ3v) is 5.85. The van der Waals surface area contributed by atoms with Crippen molar-refractivity contribution in [2.24, 2.45) is 0 Å². The van der Waals surface area contributed by atoms with Gasteiger partial charge in [0.2, 0.25) is 10.0 Å². The molecular formula is C15H24N2O2S. The fraction of sp³-hybridized carbons (Fsp3) is 0.600. The molecule has 0 N–H and O–H groups in total. The molecule has 20 heavy (non-hydrogen) atoms. The first-order valence-electron chi connectivity index (χ1n) is 7.28.